The maximum atomic E-state index is 5.72. The van der Waals surface area contributed by atoms with Gasteiger partial charge in [-0.1, -0.05) is 18.2 Å². The van der Waals surface area contributed by atoms with Crippen molar-refractivity contribution in [2.45, 2.75) is 0 Å². The van der Waals surface area contributed by atoms with E-state index in [4.69, 9.17) is 10.5 Å². The van der Waals surface area contributed by atoms with Gasteiger partial charge in [-0.25, -0.2) is 0 Å². The molecule has 0 atom stereocenters. The summed E-state index contributed by atoms with van der Waals surface area (Å²) in [6.07, 6.45) is 1.71. The third-order valence-corrected chi connectivity index (χ3v) is 2.63. The molecular formula is C14H11N3O. The molecule has 0 radical (unpaired) electrons. The van der Waals surface area contributed by atoms with Crippen LogP contribution in [0.3, 0.4) is 0 Å². The number of hydrogen-bond donors (Lipinski definition) is 1. The second-order valence-electron chi connectivity index (χ2n) is 3.91. The van der Waals surface area contributed by atoms with Crippen molar-refractivity contribution in [3.05, 3.63) is 54.7 Å². The van der Waals surface area contributed by atoms with Crippen LogP contribution in [0.5, 0.6) is 11.6 Å². The number of ether oxygens (including phenoxy) is 1. The lowest BCUT2D eigenvalue weighted by molar-refractivity contribution is 0.462. The highest BCUT2D eigenvalue weighted by Crippen LogP contribution is 2.26. The first-order valence-corrected chi connectivity index (χ1v) is 5.57. The molecule has 2 aromatic carbocycles. The number of fused-ring (bicyclic) bond motifs is 1. The first-order chi connectivity index (χ1) is 8.83. The SMILES string of the molecule is Nc1ccc(Oc2nncc3ccccc23)cc1. The van der Waals surface area contributed by atoms with Crippen LogP contribution >= 0.6 is 0 Å². The average Bonchev–Trinajstić information content (AvgIpc) is 2.42. The Morgan fingerprint density at radius 2 is 1.72 bits per heavy atom. The van der Waals surface area contributed by atoms with Gasteiger partial charge in [0.05, 0.1) is 6.20 Å². The number of nitrogens with zero attached hydrogens (tertiary/aromatic N) is 2. The van der Waals surface area contributed by atoms with E-state index in [0.717, 1.165) is 10.8 Å². The van der Waals surface area contributed by atoms with E-state index < -0.39 is 0 Å². The van der Waals surface area contributed by atoms with Crippen LogP contribution in [0.2, 0.25) is 0 Å². The zero-order chi connectivity index (χ0) is 12.4. The lowest BCUT2D eigenvalue weighted by Gasteiger charge is -2.06. The van der Waals surface area contributed by atoms with Crippen molar-refractivity contribution in [3.63, 3.8) is 0 Å². The van der Waals surface area contributed by atoms with E-state index in [1.807, 2.05) is 24.3 Å². The summed E-state index contributed by atoms with van der Waals surface area (Å²) in [5.74, 6) is 1.19. The fraction of sp³-hybridized carbons (Fsp3) is 0. The van der Waals surface area contributed by atoms with Gasteiger partial charge in [-0.15, -0.1) is 5.10 Å². The van der Waals surface area contributed by atoms with Crippen molar-refractivity contribution in [3.8, 4) is 11.6 Å². The minimum absolute atomic E-state index is 0.498. The Hall–Kier alpha value is -2.62. The Morgan fingerprint density at radius 1 is 0.944 bits per heavy atom. The van der Waals surface area contributed by atoms with Gasteiger partial charge >= 0.3 is 0 Å². The molecule has 0 aliphatic carbocycles. The van der Waals surface area contributed by atoms with Gasteiger partial charge in [0.1, 0.15) is 5.75 Å². The average molecular weight is 237 g/mol. The third kappa shape index (κ3) is 1.96. The first kappa shape index (κ1) is 10.5. The molecule has 0 saturated heterocycles. The number of nitrogens with two attached hydrogens (primary N) is 1. The lowest BCUT2D eigenvalue weighted by Crippen LogP contribution is -1.92. The topological polar surface area (TPSA) is 61.0 Å². The number of aromatic nitrogens is 2. The molecule has 18 heavy (non-hydrogen) atoms. The van der Waals surface area contributed by atoms with Crippen LogP contribution in [-0.2, 0) is 0 Å². The Bertz CT molecular complexity index is 675. The number of rotatable bonds is 2. The maximum absolute atomic E-state index is 5.72. The van der Waals surface area contributed by atoms with Crippen molar-refractivity contribution in [2.24, 2.45) is 0 Å². The van der Waals surface area contributed by atoms with Crippen molar-refractivity contribution in [1.82, 2.24) is 10.2 Å². The molecular weight excluding hydrogens is 226 g/mol. The zero-order valence-corrected chi connectivity index (χ0v) is 9.58. The van der Waals surface area contributed by atoms with E-state index in [1.54, 1.807) is 30.5 Å². The second-order valence-corrected chi connectivity index (χ2v) is 3.91. The number of benzene rings is 2. The molecule has 2 N–H and O–H groups in total. The van der Waals surface area contributed by atoms with Crippen molar-refractivity contribution < 1.29 is 4.74 Å². The van der Waals surface area contributed by atoms with E-state index >= 15 is 0 Å². The molecule has 1 aromatic heterocycles. The Morgan fingerprint density at radius 3 is 2.56 bits per heavy atom. The molecule has 1 heterocycles. The Labute approximate surface area is 104 Å². The molecule has 0 unspecified atom stereocenters. The minimum Gasteiger partial charge on any atom is -0.437 e. The molecule has 0 spiro atoms. The van der Waals surface area contributed by atoms with Gasteiger partial charge in [0.2, 0.25) is 5.88 Å². The molecule has 0 bridgehead atoms. The van der Waals surface area contributed by atoms with Gasteiger partial charge in [0.15, 0.2) is 0 Å². The molecule has 3 rings (SSSR count). The summed E-state index contributed by atoms with van der Waals surface area (Å²) >= 11 is 0. The smallest absolute Gasteiger partial charge is 0.246 e. The highest BCUT2D eigenvalue weighted by Gasteiger charge is 2.05. The molecule has 88 valence electrons. The largest absolute Gasteiger partial charge is 0.437 e. The van der Waals surface area contributed by atoms with Crippen molar-refractivity contribution in [2.75, 3.05) is 5.73 Å². The van der Waals surface area contributed by atoms with Crippen LogP contribution in [-0.4, -0.2) is 10.2 Å². The molecule has 0 saturated carbocycles. The predicted molar refractivity (Wildman–Crippen MR) is 70.5 cm³/mol. The van der Waals surface area contributed by atoms with E-state index in [2.05, 4.69) is 10.2 Å². The fourth-order valence-corrected chi connectivity index (χ4v) is 1.72. The van der Waals surface area contributed by atoms with Crippen LogP contribution in [0.1, 0.15) is 0 Å². The highest BCUT2D eigenvalue weighted by molar-refractivity contribution is 5.85. The summed E-state index contributed by atoms with van der Waals surface area (Å²) < 4.78 is 5.72. The van der Waals surface area contributed by atoms with Crippen molar-refractivity contribution >= 4 is 16.5 Å². The van der Waals surface area contributed by atoms with Gasteiger partial charge in [0.25, 0.3) is 0 Å². The van der Waals surface area contributed by atoms with Crippen LogP contribution in [0, 0.1) is 0 Å². The highest BCUT2D eigenvalue weighted by atomic mass is 16.5. The molecule has 0 fully saturated rings. The number of anilines is 1. The summed E-state index contributed by atoms with van der Waals surface area (Å²) in [4.78, 5) is 0. The van der Waals surface area contributed by atoms with Crippen LogP contribution in [0.25, 0.3) is 10.8 Å². The maximum Gasteiger partial charge on any atom is 0.246 e. The molecule has 3 aromatic rings. The van der Waals surface area contributed by atoms with E-state index in [9.17, 15) is 0 Å². The molecule has 0 amide bonds. The zero-order valence-electron chi connectivity index (χ0n) is 9.58. The molecule has 4 nitrogen and oxygen atoms in total. The normalized spacial score (nSPS) is 10.4. The third-order valence-electron chi connectivity index (χ3n) is 2.63. The van der Waals surface area contributed by atoms with Gasteiger partial charge in [-0.05, 0) is 30.3 Å². The van der Waals surface area contributed by atoms with E-state index in [1.165, 1.54) is 0 Å². The Balaban J connectivity index is 2.02. The summed E-state index contributed by atoms with van der Waals surface area (Å²) in [7, 11) is 0. The predicted octanol–water partition coefficient (Wildman–Crippen LogP) is 3.00. The van der Waals surface area contributed by atoms with Crippen LogP contribution in [0.4, 0.5) is 5.69 Å². The summed E-state index contributed by atoms with van der Waals surface area (Å²) in [5, 5.41) is 9.88. The summed E-state index contributed by atoms with van der Waals surface area (Å²) in [6, 6.07) is 15.0. The quantitative estimate of drug-likeness (QED) is 0.696. The number of nitrogen functional groups attached to an aromatic ring is 1. The van der Waals surface area contributed by atoms with Gasteiger partial charge in [-0.3, -0.25) is 0 Å². The monoisotopic (exact) mass is 237 g/mol. The summed E-state index contributed by atoms with van der Waals surface area (Å²) in [6.45, 7) is 0. The fourth-order valence-electron chi connectivity index (χ4n) is 1.72. The van der Waals surface area contributed by atoms with Crippen LogP contribution in [0.15, 0.2) is 54.7 Å². The first-order valence-electron chi connectivity index (χ1n) is 5.57. The van der Waals surface area contributed by atoms with E-state index in [-0.39, 0.29) is 0 Å². The molecule has 4 heteroatoms. The molecule has 0 aliphatic rings. The standard InChI is InChI=1S/C14H11N3O/c15-11-5-7-12(8-6-11)18-14-13-4-2-1-3-10(13)9-16-17-14/h1-9H,15H2. The van der Waals surface area contributed by atoms with Crippen molar-refractivity contribution in [1.29, 1.82) is 0 Å². The van der Waals surface area contributed by atoms with Gasteiger partial charge in [0, 0.05) is 16.5 Å². The lowest BCUT2D eigenvalue weighted by atomic mass is 10.2. The Kier molecular flexibility index (Phi) is 2.53. The molecule has 0 aliphatic heterocycles. The van der Waals surface area contributed by atoms with Gasteiger partial charge in [-0.2, -0.15) is 5.10 Å². The second kappa shape index (κ2) is 4.33. The summed E-state index contributed by atoms with van der Waals surface area (Å²) in [5.41, 5.74) is 6.33. The minimum atomic E-state index is 0.498. The van der Waals surface area contributed by atoms with Gasteiger partial charge < -0.3 is 10.5 Å². The van der Waals surface area contributed by atoms with E-state index in [0.29, 0.717) is 17.3 Å². The number of hydrogen-bond acceptors (Lipinski definition) is 4. The van der Waals surface area contributed by atoms with Crippen LogP contribution < -0.4 is 10.5 Å².